The van der Waals surface area contributed by atoms with Crippen LogP contribution in [0.25, 0.3) is 0 Å². The molecule has 7 heteroatoms. The Morgan fingerprint density at radius 3 is 2.74 bits per heavy atom. The van der Waals surface area contributed by atoms with Crippen LogP contribution >= 0.6 is 11.6 Å². The van der Waals surface area contributed by atoms with Gasteiger partial charge in [0, 0.05) is 29.7 Å². The minimum Gasteiger partial charge on any atom is -0.496 e. The van der Waals surface area contributed by atoms with Crippen LogP contribution in [0.1, 0.15) is 16.1 Å². The summed E-state index contributed by atoms with van der Waals surface area (Å²) in [4.78, 5) is 16.5. The number of nitrogens with one attached hydrogen (secondary N) is 2. The molecule has 0 aliphatic rings. The van der Waals surface area contributed by atoms with E-state index in [4.69, 9.17) is 16.3 Å². The summed E-state index contributed by atoms with van der Waals surface area (Å²) in [6.07, 6.45) is 1.54. The lowest BCUT2D eigenvalue weighted by molar-refractivity contribution is 0.102. The third-order valence-electron chi connectivity index (χ3n) is 3.85. The average Bonchev–Trinajstić information content (AvgIpc) is 2.69. The molecule has 0 radical (unpaired) electrons. The Balaban J connectivity index is 1.69. The minimum atomic E-state index is -0.546. The Morgan fingerprint density at radius 1 is 1.15 bits per heavy atom. The lowest BCUT2D eigenvalue weighted by atomic mass is 10.2. The SMILES string of the molecule is COc1ccccc1CNc1ccnc(C(=O)Nc2ccc(F)c(Cl)c2)c1. The van der Waals surface area contributed by atoms with Crippen molar-refractivity contribution in [2.24, 2.45) is 0 Å². The van der Waals surface area contributed by atoms with Crippen LogP contribution in [0.5, 0.6) is 5.75 Å². The van der Waals surface area contributed by atoms with Crippen molar-refractivity contribution in [2.75, 3.05) is 17.7 Å². The molecule has 2 aromatic carbocycles. The molecule has 0 saturated heterocycles. The van der Waals surface area contributed by atoms with Gasteiger partial charge in [-0.3, -0.25) is 9.78 Å². The topological polar surface area (TPSA) is 63.2 Å². The number of hydrogen-bond donors (Lipinski definition) is 2. The molecule has 2 N–H and O–H groups in total. The first kappa shape index (κ1) is 18.7. The lowest BCUT2D eigenvalue weighted by Crippen LogP contribution is -2.14. The van der Waals surface area contributed by atoms with Crippen LogP contribution in [0.15, 0.2) is 60.8 Å². The number of rotatable bonds is 6. The summed E-state index contributed by atoms with van der Waals surface area (Å²) in [7, 11) is 1.62. The van der Waals surface area contributed by atoms with Gasteiger partial charge in [-0.25, -0.2) is 4.39 Å². The van der Waals surface area contributed by atoms with E-state index in [0.29, 0.717) is 12.2 Å². The van der Waals surface area contributed by atoms with E-state index >= 15 is 0 Å². The summed E-state index contributed by atoms with van der Waals surface area (Å²) in [5.41, 5.74) is 2.34. The van der Waals surface area contributed by atoms with Crippen LogP contribution in [0.2, 0.25) is 5.02 Å². The fraction of sp³-hybridized carbons (Fsp3) is 0.100. The van der Waals surface area contributed by atoms with Gasteiger partial charge in [0.25, 0.3) is 5.91 Å². The number of methoxy groups -OCH3 is 1. The molecule has 0 atom stereocenters. The Hall–Kier alpha value is -3.12. The highest BCUT2D eigenvalue weighted by molar-refractivity contribution is 6.31. The quantitative estimate of drug-likeness (QED) is 0.643. The van der Waals surface area contributed by atoms with Crippen LogP contribution in [-0.2, 0) is 6.54 Å². The molecule has 0 aliphatic carbocycles. The summed E-state index contributed by atoms with van der Waals surface area (Å²) < 4.78 is 18.5. The zero-order valence-corrected chi connectivity index (χ0v) is 15.3. The zero-order chi connectivity index (χ0) is 19.2. The van der Waals surface area contributed by atoms with Gasteiger partial charge < -0.3 is 15.4 Å². The molecule has 3 aromatic rings. The summed E-state index contributed by atoms with van der Waals surface area (Å²) in [6.45, 7) is 0.530. The first-order valence-corrected chi connectivity index (χ1v) is 8.53. The van der Waals surface area contributed by atoms with E-state index in [-0.39, 0.29) is 10.7 Å². The van der Waals surface area contributed by atoms with Gasteiger partial charge in [0.15, 0.2) is 0 Å². The molecular formula is C20H17ClFN3O2. The normalized spacial score (nSPS) is 10.3. The van der Waals surface area contributed by atoms with E-state index in [0.717, 1.165) is 17.0 Å². The molecule has 3 rings (SSSR count). The number of carbonyl (C=O) groups excluding carboxylic acids is 1. The van der Waals surface area contributed by atoms with Crippen LogP contribution in [0, 0.1) is 5.82 Å². The van der Waals surface area contributed by atoms with Gasteiger partial charge in [-0.05, 0) is 36.4 Å². The Kier molecular flexibility index (Phi) is 5.88. The van der Waals surface area contributed by atoms with Crippen molar-refractivity contribution in [3.63, 3.8) is 0 Å². The second-order valence-electron chi connectivity index (χ2n) is 5.68. The highest BCUT2D eigenvalue weighted by atomic mass is 35.5. The average molecular weight is 386 g/mol. The van der Waals surface area contributed by atoms with E-state index in [1.54, 1.807) is 19.2 Å². The number of ether oxygens (including phenoxy) is 1. The molecule has 5 nitrogen and oxygen atoms in total. The van der Waals surface area contributed by atoms with E-state index in [1.807, 2.05) is 24.3 Å². The largest absolute Gasteiger partial charge is 0.496 e. The smallest absolute Gasteiger partial charge is 0.274 e. The first-order chi connectivity index (χ1) is 13.1. The molecule has 0 unspecified atom stereocenters. The third-order valence-corrected chi connectivity index (χ3v) is 4.14. The number of anilines is 2. The number of benzene rings is 2. The zero-order valence-electron chi connectivity index (χ0n) is 14.5. The molecule has 1 heterocycles. The van der Waals surface area contributed by atoms with Gasteiger partial charge in [-0.15, -0.1) is 0 Å². The summed E-state index contributed by atoms with van der Waals surface area (Å²) in [5, 5.41) is 5.82. The third kappa shape index (κ3) is 4.74. The standard InChI is InChI=1S/C20H17ClFN3O2/c1-27-19-5-3-2-4-13(19)12-24-14-8-9-23-18(11-14)20(26)25-15-6-7-17(22)16(21)10-15/h2-11H,12H2,1H3,(H,23,24)(H,25,26). The number of para-hydroxylation sites is 1. The molecule has 1 aromatic heterocycles. The van der Waals surface area contributed by atoms with E-state index in [2.05, 4.69) is 15.6 Å². The van der Waals surface area contributed by atoms with Crippen LogP contribution in [0.4, 0.5) is 15.8 Å². The van der Waals surface area contributed by atoms with E-state index < -0.39 is 11.7 Å². The number of pyridine rings is 1. The van der Waals surface area contributed by atoms with Crippen LogP contribution in [-0.4, -0.2) is 18.0 Å². The van der Waals surface area contributed by atoms with Crippen molar-refractivity contribution in [3.05, 3.63) is 82.9 Å². The van der Waals surface area contributed by atoms with E-state index in [9.17, 15) is 9.18 Å². The van der Waals surface area contributed by atoms with Gasteiger partial charge in [0.1, 0.15) is 17.3 Å². The van der Waals surface area contributed by atoms with Crippen molar-refractivity contribution in [3.8, 4) is 5.75 Å². The van der Waals surface area contributed by atoms with Crippen molar-refractivity contribution in [1.29, 1.82) is 0 Å². The highest BCUT2D eigenvalue weighted by Gasteiger charge is 2.10. The molecule has 0 saturated carbocycles. The monoisotopic (exact) mass is 385 g/mol. The molecular weight excluding hydrogens is 369 g/mol. The number of carbonyl (C=O) groups is 1. The number of amides is 1. The Morgan fingerprint density at radius 2 is 1.96 bits per heavy atom. The van der Waals surface area contributed by atoms with Gasteiger partial charge in [0.05, 0.1) is 12.1 Å². The van der Waals surface area contributed by atoms with Crippen molar-refractivity contribution < 1.29 is 13.9 Å². The number of halogens is 2. The molecule has 27 heavy (non-hydrogen) atoms. The Labute approximate surface area is 161 Å². The fourth-order valence-corrected chi connectivity index (χ4v) is 2.66. The summed E-state index contributed by atoms with van der Waals surface area (Å²) >= 11 is 5.73. The molecule has 0 aliphatic heterocycles. The first-order valence-electron chi connectivity index (χ1n) is 8.15. The molecule has 138 valence electrons. The number of hydrogen-bond acceptors (Lipinski definition) is 4. The van der Waals surface area contributed by atoms with Crippen molar-refractivity contribution >= 4 is 28.9 Å². The second-order valence-corrected chi connectivity index (χ2v) is 6.09. The predicted molar refractivity (Wildman–Crippen MR) is 104 cm³/mol. The second kappa shape index (κ2) is 8.51. The minimum absolute atomic E-state index is 0.0621. The van der Waals surface area contributed by atoms with Gasteiger partial charge >= 0.3 is 0 Å². The lowest BCUT2D eigenvalue weighted by Gasteiger charge is -2.11. The maximum atomic E-state index is 13.2. The predicted octanol–water partition coefficient (Wildman–Crippen LogP) is 4.75. The maximum Gasteiger partial charge on any atom is 0.274 e. The molecule has 0 fully saturated rings. The maximum absolute atomic E-state index is 13.2. The highest BCUT2D eigenvalue weighted by Crippen LogP contribution is 2.21. The van der Waals surface area contributed by atoms with Crippen LogP contribution < -0.4 is 15.4 Å². The van der Waals surface area contributed by atoms with Crippen LogP contribution in [0.3, 0.4) is 0 Å². The summed E-state index contributed by atoms with van der Waals surface area (Å²) in [5.74, 6) is -0.181. The van der Waals surface area contributed by atoms with E-state index in [1.165, 1.54) is 24.4 Å². The van der Waals surface area contributed by atoms with Gasteiger partial charge in [0.2, 0.25) is 0 Å². The molecule has 0 spiro atoms. The Bertz CT molecular complexity index is 965. The molecule has 1 amide bonds. The van der Waals surface area contributed by atoms with Crippen molar-refractivity contribution in [1.82, 2.24) is 4.98 Å². The van der Waals surface area contributed by atoms with Gasteiger partial charge in [-0.1, -0.05) is 29.8 Å². The number of aromatic nitrogens is 1. The van der Waals surface area contributed by atoms with Gasteiger partial charge in [-0.2, -0.15) is 0 Å². The molecule has 0 bridgehead atoms. The summed E-state index contributed by atoms with van der Waals surface area (Å²) in [6, 6.07) is 15.0. The van der Waals surface area contributed by atoms with Crippen molar-refractivity contribution in [2.45, 2.75) is 6.54 Å². The fourth-order valence-electron chi connectivity index (χ4n) is 2.48. The number of nitrogens with zero attached hydrogens (tertiary/aromatic N) is 1.